The van der Waals surface area contributed by atoms with Crippen LogP contribution in [0.15, 0.2) is 24.5 Å². The molecule has 1 aromatic rings. The maximum absolute atomic E-state index is 4.33. The van der Waals surface area contributed by atoms with Crippen LogP contribution in [0.25, 0.3) is 0 Å². The fraction of sp³-hybridized carbons (Fsp3) is 0.706. The van der Waals surface area contributed by atoms with Gasteiger partial charge in [0.05, 0.1) is 0 Å². The van der Waals surface area contributed by atoms with Gasteiger partial charge in [0.25, 0.3) is 0 Å². The second-order valence-electron chi connectivity index (χ2n) is 6.42. The van der Waals surface area contributed by atoms with Gasteiger partial charge < -0.3 is 5.32 Å². The van der Waals surface area contributed by atoms with E-state index in [2.05, 4.69) is 35.6 Å². The maximum Gasteiger partial charge on any atom is 0.0302 e. The number of hydrogen-bond donors (Lipinski definition) is 1. The van der Waals surface area contributed by atoms with Crippen LogP contribution >= 0.6 is 0 Å². The van der Waals surface area contributed by atoms with E-state index in [0.717, 1.165) is 23.8 Å². The van der Waals surface area contributed by atoms with Crippen molar-refractivity contribution in [2.24, 2.45) is 11.8 Å². The molecule has 19 heavy (non-hydrogen) atoms. The Balaban J connectivity index is 1.69. The summed E-state index contributed by atoms with van der Waals surface area (Å²) in [6, 6.07) is 5.20. The number of nitrogens with one attached hydrogen (secondary N) is 1. The average molecular weight is 258 g/mol. The van der Waals surface area contributed by atoms with Crippen molar-refractivity contribution in [1.29, 1.82) is 0 Å². The van der Waals surface area contributed by atoms with Crippen LogP contribution in [-0.4, -0.2) is 17.6 Å². The highest BCUT2D eigenvalue weighted by molar-refractivity contribution is 5.17. The standard InChI is InChI=1S/C17H26N2/c1-2-13-5-6-15(12-19-16-7-8-16)17(10-13)14-4-3-9-18-11-14/h3-4,9,11,13,15-17,19H,2,5-8,10,12H2,1H3. The molecule has 104 valence electrons. The molecule has 1 aromatic heterocycles. The van der Waals surface area contributed by atoms with E-state index < -0.39 is 0 Å². The van der Waals surface area contributed by atoms with Crippen molar-refractivity contribution in [1.82, 2.24) is 10.3 Å². The van der Waals surface area contributed by atoms with E-state index in [9.17, 15) is 0 Å². The normalized spacial score (nSPS) is 31.3. The second-order valence-corrected chi connectivity index (χ2v) is 6.42. The van der Waals surface area contributed by atoms with E-state index >= 15 is 0 Å². The first-order chi connectivity index (χ1) is 9.36. The minimum absolute atomic E-state index is 0.721. The molecule has 3 rings (SSSR count). The van der Waals surface area contributed by atoms with Crippen molar-refractivity contribution in [3.63, 3.8) is 0 Å². The predicted octanol–water partition coefficient (Wildman–Crippen LogP) is 3.74. The lowest BCUT2D eigenvalue weighted by Gasteiger charge is -2.36. The number of nitrogens with zero attached hydrogens (tertiary/aromatic N) is 1. The largest absolute Gasteiger partial charge is 0.314 e. The third kappa shape index (κ3) is 3.36. The van der Waals surface area contributed by atoms with E-state index in [1.807, 2.05) is 6.20 Å². The Kier molecular flexibility index (Phi) is 4.17. The van der Waals surface area contributed by atoms with Gasteiger partial charge in [-0.2, -0.15) is 0 Å². The van der Waals surface area contributed by atoms with Gasteiger partial charge in [0, 0.05) is 18.4 Å². The van der Waals surface area contributed by atoms with E-state index in [1.165, 1.54) is 50.6 Å². The zero-order valence-corrected chi connectivity index (χ0v) is 12.0. The minimum Gasteiger partial charge on any atom is -0.314 e. The molecule has 2 nitrogen and oxygen atoms in total. The summed E-state index contributed by atoms with van der Waals surface area (Å²) >= 11 is 0. The van der Waals surface area contributed by atoms with Gasteiger partial charge in [-0.15, -0.1) is 0 Å². The Bertz CT molecular complexity index is 386. The Morgan fingerprint density at radius 2 is 2.16 bits per heavy atom. The quantitative estimate of drug-likeness (QED) is 0.870. The minimum atomic E-state index is 0.721. The van der Waals surface area contributed by atoms with Gasteiger partial charge in [-0.3, -0.25) is 4.98 Å². The summed E-state index contributed by atoms with van der Waals surface area (Å²) in [5.41, 5.74) is 1.46. The van der Waals surface area contributed by atoms with Gasteiger partial charge in [-0.05, 0) is 61.6 Å². The lowest BCUT2D eigenvalue weighted by Crippen LogP contribution is -2.33. The Hall–Kier alpha value is -0.890. The SMILES string of the molecule is CCC1CCC(CNC2CC2)C(c2cccnc2)C1. The molecular weight excluding hydrogens is 232 g/mol. The zero-order chi connectivity index (χ0) is 13.1. The van der Waals surface area contributed by atoms with Crippen molar-refractivity contribution in [2.45, 2.75) is 57.4 Å². The molecule has 3 unspecified atom stereocenters. The molecule has 0 bridgehead atoms. The van der Waals surface area contributed by atoms with Crippen LogP contribution in [0.4, 0.5) is 0 Å². The third-order valence-electron chi connectivity index (χ3n) is 5.04. The topological polar surface area (TPSA) is 24.9 Å². The molecule has 2 heteroatoms. The van der Waals surface area contributed by atoms with Gasteiger partial charge in [-0.25, -0.2) is 0 Å². The second kappa shape index (κ2) is 6.04. The smallest absolute Gasteiger partial charge is 0.0302 e. The number of aromatic nitrogens is 1. The molecule has 0 spiro atoms. The summed E-state index contributed by atoms with van der Waals surface area (Å²) < 4.78 is 0. The van der Waals surface area contributed by atoms with Gasteiger partial charge >= 0.3 is 0 Å². The Labute approximate surface area is 117 Å². The number of hydrogen-bond acceptors (Lipinski definition) is 2. The average Bonchev–Trinajstić information content (AvgIpc) is 3.30. The monoisotopic (exact) mass is 258 g/mol. The highest BCUT2D eigenvalue weighted by Crippen LogP contribution is 2.41. The summed E-state index contributed by atoms with van der Waals surface area (Å²) in [4.78, 5) is 4.33. The van der Waals surface area contributed by atoms with E-state index in [-0.39, 0.29) is 0 Å². The van der Waals surface area contributed by atoms with Crippen LogP contribution in [0.3, 0.4) is 0 Å². The molecule has 0 aliphatic heterocycles. The highest BCUT2D eigenvalue weighted by atomic mass is 14.9. The fourth-order valence-electron chi connectivity index (χ4n) is 3.54. The molecular formula is C17H26N2. The van der Waals surface area contributed by atoms with Crippen molar-refractivity contribution in [3.05, 3.63) is 30.1 Å². The summed E-state index contributed by atoms with van der Waals surface area (Å²) in [5.74, 6) is 2.45. The van der Waals surface area contributed by atoms with Crippen LogP contribution in [0, 0.1) is 11.8 Å². The molecule has 0 radical (unpaired) electrons. The van der Waals surface area contributed by atoms with Crippen LogP contribution in [0.2, 0.25) is 0 Å². The molecule has 2 saturated carbocycles. The maximum atomic E-state index is 4.33. The summed E-state index contributed by atoms with van der Waals surface area (Å²) in [6.07, 6.45) is 12.3. The van der Waals surface area contributed by atoms with Gasteiger partial charge in [0.1, 0.15) is 0 Å². The van der Waals surface area contributed by atoms with Crippen molar-refractivity contribution < 1.29 is 0 Å². The van der Waals surface area contributed by atoms with Crippen LogP contribution in [-0.2, 0) is 0 Å². The lowest BCUT2D eigenvalue weighted by molar-refractivity contribution is 0.225. The van der Waals surface area contributed by atoms with Crippen molar-refractivity contribution in [2.75, 3.05) is 6.54 Å². The first kappa shape index (κ1) is 13.1. The van der Waals surface area contributed by atoms with Crippen LogP contribution in [0.5, 0.6) is 0 Å². The number of pyridine rings is 1. The van der Waals surface area contributed by atoms with Gasteiger partial charge in [0.15, 0.2) is 0 Å². The first-order valence-corrected chi connectivity index (χ1v) is 8.00. The van der Waals surface area contributed by atoms with Gasteiger partial charge in [-0.1, -0.05) is 25.8 Å². The van der Waals surface area contributed by atoms with Crippen molar-refractivity contribution in [3.8, 4) is 0 Å². The number of rotatable bonds is 5. The lowest BCUT2D eigenvalue weighted by atomic mass is 9.70. The summed E-state index contributed by atoms with van der Waals surface area (Å²) in [6.45, 7) is 3.55. The molecule has 2 aliphatic rings. The zero-order valence-electron chi connectivity index (χ0n) is 12.0. The molecule has 1 heterocycles. The predicted molar refractivity (Wildman–Crippen MR) is 79.1 cm³/mol. The van der Waals surface area contributed by atoms with Crippen LogP contribution < -0.4 is 5.32 Å². The fourth-order valence-corrected chi connectivity index (χ4v) is 3.54. The molecule has 0 amide bonds. The van der Waals surface area contributed by atoms with E-state index in [0.29, 0.717) is 0 Å². The van der Waals surface area contributed by atoms with E-state index in [4.69, 9.17) is 0 Å². The molecule has 0 saturated heterocycles. The highest BCUT2D eigenvalue weighted by Gasteiger charge is 2.32. The molecule has 3 atom stereocenters. The molecule has 2 aliphatic carbocycles. The summed E-state index contributed by atoms with van der Waals surface area (Å²) in [5, 5.41) is 3.74. The Morgan fingerprint density at radius 3 is 2.84 bits per heavy atom. The van der Waals surface area contributed by atoms with Crippen molar-refractivity contribution >= 4 is 0 Å². The molecule has 0 aromatic carbocycles. The third-order valence-corrected chi connectivity index (χ3v) is 5.04. The molecule has 1 N–H and O–H groups in total. The summed E-state index contributed by atoms with van der Waals surface area (Å²) in [7, 11) is 0. The first-order valence-electron chi connectivity index (χ1n) is 8.00. The Morgan fingerprint density at radius 1 is 1.26 bits per heavy atom. The van der Waals surface area contributed by atoms with Gasteiger partial charge in [0.2, 0.25) is 0 Å². The molecule has 2 fully saturated rings. The van der Waals surface area contributed by atoms with E-state index in [1.54, 1.807) is 0 Å². The van der Waals surface area contributed by atoms with Crippen LogP contribution in [0.1, 0.15) is 56.9 Å².